The molecule has 1 fully saturated rings. The Hall–Kier alpha value is -2.18. The molecule has 2 aromatic heterocycles. The van der Waals surface area contributed by atoms with Crippen molar-refractivity contribution < 1.29 is 9.32 Å². The Morgan fingerprint density at radius 2 is 2.30 bits per heavy atom. The number of nitrogens with zero attached hydrogens (tertiary/aromatic N) is 5. The van der Waals surface area contributed by atoms with E-state index in [2.05, 4.69) is 19.7 Å². The fourth-order valence-electron chi connectivity index (χ4n) is 3.09. The van der Waals surface area contributed by atoms with Crippen molar-refractivity contribution in [3.8, 4) is 0 Å². The van der Waals surface area contributed by atoms with Crippen LogP contribution in [0.25, 0.3) is 0 Å². The van der Waals surface area contributed by atoms with Crippen LogP contribution in [0.3, 0.4) is 0 Å². The van der Waals surface area contributed by atoms with Gasteiger partial charge in [0.15, 0.2) is 5.82 Å². The molecule has 0 bridgehead atoms. The largest absolute Gasteiger partial charge is 0.342 e. The predicted octanol–water partition coefficient (Wildman–Crippen LogP) is 2.07. The molecule has 1 amide bonds. The van der Waals surface area contributed by atoms with E-state index in [1.807, 2.05) is 18.0 Å². The zero-order chi connectivity index (χ0) is 16.2. The Morgan fingerprint density at radius 1 is 1.43 bits per heavy atom. The van der Waals surface area contributed by atoms with E-state index < -0.39 is 0 Å². The molecule has 1 atom stereocenters. The SMILES string of the molecule is Cc1nc([C@@H]2CCCN(C(=O)CCCn3ccnc3C)C2)no1. The first-order valence-corrected chi connectivity index (χ1v) is 8.19. The molecule has 0 saturated carbocycles. The van der Waals surface area contributed by atoms with E-state index in [4.69, 9.17) is 4.52 Å². The fourth-order valence-corrected chi connectivity index (χ4v) is 3.09. The average Bonchev–Trinajstić information content (AvgIpc) is 3.16. The van der Waals surface area contributed by atoms with E-state index in [9.17, 15) is 4.79 Å². The zero-order valence-corrected chi connectivity index (χ0v) is 13.7. The summed E-state index contributed by atoms with van der Waals surface area (Å²) in [5, 5.41) is 4.00. The Balaban J connectivity index is 1.50. The van der Waals surface area contributed by atoms with Crippen LogP contribution in [0.1, 0.15) is 49.1 Å². The van der Waals surface area contributed by atoms with Crippen LogP contribution in [0.15, 0.2) is 16.9 Å². The summed E-state index contributed by atoms with van der Waals surface area (Å²) in [5.41, 5.74) is 0. The zero-order valence-electron chi connectivity index (χ0n) is 13.7. The molecule has 3 heterocycles. The first kappa shape index (κ1) is 15.7. The summed E-state index contributed by atoms with van der Waals surface area (Å²) in [5.74, 6) is 2.71. The van der Waals surface area contributed by atoms with Gasteiger partial charge < -0.3 is 14.0 Å². The van der Waals surface area contributed by atoms with Gasteiger partial charge in [0.25, 0.3) is 0 Å². The number of likely N-dealkylation sites (tertiary alicyclic amines) is 1. The van der Waals surface area contributed by atoms with Gasteiger partial charge in [-0.15, -0.1) is 0 Å². The molecular weight excluding hydrogens is 294 g/mol. The number of hydrogen-bond acceptors (Lipinski definition) is 5. The van der Waals surface area contributed by atoms with Gasteiger partial charge in [-0.1, -0.05) is 5.16 Å². The van der Waals surface area contributed by atoms with E-state index in [0.717, 1.165) is 44.0 Å². The topological polar surface area (TPSA) is 77.1 Å². The maximum Gasteiger partial charge on any atom is 0.223 e. The molecule has 7 nitrogen and oxygen atoms in total. The summed E-state index contributed by atoms with van der Waals surface area (Å²) in [6.07, 6.45) is 7.14. The third-order valence-electron chi connectivity index (χ3n) is 4.40. The van der Waals surface area contributed by atoms with E-state index in [1.165, 1.54) is 0 Å². The number of aromatic nitrogens is 4. The summed E-state index contributed by atoms with van der Waals surface area (Å²) in [6.45, 7) is 6.13. The van der Waals surface area contributed by atoms with Gasteiger partial charge in [0.2, 0.25) is 11.8 Å². The lowest BCUT2D eigenvalue weighted by Crippen LogP contribution is -2.39. The van der Waals surface area contributed by atoms with Gasteiger partial charge in [0.05, 0.1) is 0 Å². The lowest BCUT2D eigenvalue weighted by molar-refractivity contribution is -0.132. The number of carbonyl (C=O) groups excluding carboxylic acids is 1. The van der Waals surface area contributed by atoms with Crippen LogP contribution < -0.4 is 0 Å². The Morgan fingerprint density at radius 3 is 3.00 bits per heavy atom. The highest BCUT2D eigenvalue weighted by atomic mass is 16.5. The molecule has 0 N–H and O–H groups in total. The lowest BCUT2D eigenvalue weighted by Gasteiger charge is -2.31. The second-order valence-corrected chi connectivity index (χ2v) is 6.12. The van der Waals surface area contributed by atoms with Crippen molar-refractivity contribution in [2.24, 2.45) is 0 Å². The lowest BCUT2D eigenvalue weighted by atomic mass is 9.97. The van der Waals surface area contributed by atoms with Crippen LogP contribution >= 0.6 is 0 Å². The molecule has 0 unspecified atom stereocenters. The highest BCUT2D eigenvalue weighted by Crippen LogP contribution is 2.25. The van der Waals surface area contributed by atoms with Crippen molar-refractivity contribution in [3.05, 3.63) is 29.9 Å². The molecule has 2 aromatic rings. The van der Waals surface area contributed by atoms with Gasteiger partial charge in [0, 0.05) is 51.3 Å². The minimum absolute atomic E-state index is 0.195. The maximum atomic E-state index is 12.4. The van der Waals surface area contributed by atoms with E-state index in [1.54, 1.807) is 13.1 Å². The van der Waals surface area contributed by atoms with Crippen LogP contribution in [-0.2, 0) is 11.3 Å². The first-order valence-electron chi connectivity index (χ1n) is 8.19. The summed E-state index contributed by atoms with van der Waals surface area (Å²) in [4.78, 5) is 22.9. The molecule has 124 valence electrons. The van der Waals surface area contributed by atoms with E-state index in [0.29, 0.717) is 18.9 Å². The van der Waals surface area contributed by atoms with Crippen molar-refractivity contribution >= 4 is 5.91 Å². The molecule has 1 saturated heterocycles. The van der Waals surface area contributed by atoms with Gasteiger partial charge in [-0.3, -0.25) is 4.79 Å². The minimum atomic E-state index is 0.195. The summed E-state index contributed by atoms with van der Waals surface area (Å²) >= 11 is 0. The van der Waals surface area contributed by atoms with Crippen molar-refractivity contribution in [3.63, 3.8) is 0 Å². The molecule has 0 aromatic carbocycles. The number of imidazole rings is 1. The number of hydrogen-bond donors (Lipinski definition) is 0. The third-order valence-corrected chi connectivity index (χ3v) is 4.40. The van der Waals surface area contributed by atoms with Crippen molar-refractivity contribution in [1.29, 1.82) is 0 Å². The molecule has 0 spiro atoms. The fraction of sp³-hybridized carbons (Fsp3) is 0.625. The molecule has 1 aliphatic rings. The molecular formula is C16H23N5O2. The molecule has 0 radical (unpaired) electrons. The first-order chi connectivity index (χ1) is 11.1. The predicted molar refractivity (Wildman–Crippen MR) is 83.8 cm³/mol. The van der Waals surface area contributed by atoms with E-state index >= 15 is 0 Å². The standard InChI is InChI=1S/C16H23N5O2/c1-12-17-7-10-20(12)8-4-6-15(22)21-9-3-5-14(11-21)16-18-13(2)23-19-16/h7,10,14H,3-6,8-9,11H2,1-2H3/t14-/m1/s1. The maximum absolute atomic E-state index is 12.4. The van der Waals surface area contributed by atoms with Crippen LogP contribution in [0, 0.1) is 13.8 Å². The normalized spacial score (nSPS) is 18.3. The van der Waals surface area contributed by atoms with Crippen LogP contribution in [0.4, 0.5) is 0 Å². The minimum Gasteiger partial charge on any atom is -0.342 e. The molecule has 1 aliphatic heterocycles. The number of piperidine rings is 1. The summed E-state index contributed by atoms with van der Waals surface area (Å²) in [6, 6.07) is 0. The number of amides is 1. The van der Waals surface area contributed by atoms with Gasteiger partial charge in [-0.05, 0) is 26.2 Å². The van der Waals surface area contributed by atoms with Crippen LogP contribution in [0.2, 0.25) is 0 Å². The smallest absolute Gasteiger partial charge is 0.223 e. The quantitative estimate of drug-likeness (QED) is 0.843. The molecule has 23 heavy (non-hydrogen) atoms. The summed E-state index contributed by atoms with van der Waals surface area (Å²) in [7, 11) is 0. The van der Waals surface area contributed by atoms with Gasteiger partial charge >= 0.3 is 0 Å². The van der Waals surface area contributed by atoms with Gasteiger partial charge in [-0.25, -0.2) is 4.98 Å². The Labute approximate surface area is 135 Å². The van der Waals surface area contributed by atoms with E-state index in [-0.39, 0.29) is 11.8 Å². The highest BCUT2D eigenvalue weighted by Gasteiger charge is 2.27. The van der Waals surface area contributed by atoms with Crippen LogP contribution in [0.5, 0.6) is 0 Å². The molecule has 0 aliphatic carbocycles. The van der Waals surface area contributed by atoms with Gasteiger partial charge in [0.1, 0.15) is 5.82 Å². The Kier molecular flexibility index (Phi) is 4.73. The summed E-state index contributed by atoms with van der Waals surface area (Å²) < 4.78 is 7.14. The Bertz CT molecular complexity index is 663. The van der Waals surface area contributed by atoms with Crippen LogP contribution in [-0.4, -0.2) is 43.6 Å². The second kappa shape index (κ2) is 6.93. The number of carbonyl (C=O) groups is 1. The van der Waals surface area contributed by atoms with Crippen molar-refractivity contribution in [2.45, 2.75) is 52.0 Å². The molecule has 3 rings (SSSR count). The van der Waals surface area contributed by atoms with Crippen molar-refractivity contribution in [1.82, 2.24) is 24.6 Å². The highest BCUT2D eigenvalue weighted by molar-refractivity contribution is 5.76. The van der Waals surface area contributed by atoms with Gasteiger partial charge in [-0.2, -0.15) is 4.98 Å². The average molecular weight is 317 g/mol. The molecule has 7 heteroatoms. The number of aryl methyl sites for hydroxylation is 3. The second-order valence-electron chi connectivity index (χ2n) is 6.12. The number of rotatable bonds is 5. The van der Waals surface area contributed by atoms with Crippen molar-refractivity contribution in [2.75, 3.05) is 13.1 Å². The third kappa shape index (κ3) is 3.78. The monoisotopic (exact) mass is 317 g/mol.